The maximum absolute atomic E-state index is 13.6. The highest BCUT2D eigenvalue weighted by Crippen LogP contribution is 2.19. The number of hydrogen-bond donors (Lipinski definition) is 2. The van der Waals surface area contributed by atoms with Gasteiger partial charge in [0.1, 0.15) is 10.7 Å². The summed E-state index contributed by atoms with van der Waals surface area (Å²) in [5.74, 6) is -0.638. The van der Waals surface area contributed by atoms with Crippen molar-refractivity contribution in [3.63, 3.8) is 0 Å². The van der Waals surface area contributed by atoms with Crippen LogP contribution >= 0.6 is 15.9 Å². The van der Waals surface area contributed by atoms with E-state index in [9.17, 15) is 12.8 Å². The lowest BCUT2D eigenvalue weighted by Gasteiger charge is -2.12. The first-order chi connectivity index (χ1) is 8.36. The smallest absolute Gasteiger partial charge is 0.243 e. The van der Waals surface area contributed by atoms with Crippen LogP contribution in [0.1, 0.15) is 6.92 Å². The van der Waals surface area contributed by atoms with Gasteiger partial charge in [0, 0.05) is 11.0 Å². The minimum absolute atomic E-state index is 0.128. The van der Waals surface area contributed by atoms with Gasteiger partial charge in [0.25, 0.3) is 0 Å². The van der Waals surface area contributed by atoms with Crippen LogP contribution in [0, 0.1) is 11.7 Å². The van der Waals surface area contributed by atoms with Crippen molar-refractivity contribution in [2.75, 3.05) is 20.1 Å². The predicted molar refractivity (Wildman–Crippen MR) is 72.4 cm³/mol. The molecule has 0 heterocycles. The fourth-order valence-electron chi connectivity index (χ4n) is 1.44. The Morgan fingerprint density at radius 3 is 2.61 bits per heavy atom. The van der Waals surface area contributed by atoms with Crippen molar-refractivity contribution in [1.82, 2.24) is 10.0 Å². The Labute approximate surface area is 115 Å². The Morgan fingerprint density at radius 2 is 2.06 bits per heavy atom. The van der Waals surface area contributed by atoms with Crippen LogP contribution in [0.3, 0.4) is 0 Å². The Kier molecular flexibility index (Phi) is 5.71. The lowest BCUT2D eigenvalue weighted by atomic mass is 10.2. The van der Waals surface area contributed by atoms with Gasteiger partial charge in [-0.15, -0.1) is 0 Å². The van der Waals surface area contributed by atoms with Crippen LogP contribution in [-0.2, 0) is 10.0 Å². The van der Waals surface area contributed by atoms with E-state index >= 15 is 0 Å². The largest absolute Gasteiger partial charge is 0.319 e. The minimum Gasteiger partial charge on any atom is -0.319 e. The first kappa shape index (κ1) is 15.6. The third-order valence-corrected chi connectivity index (χ3v) is 4.31. The van der Waals surface area contributed by atoms with E-state index in [0.717, 1.165) is 6.07 Å². The van der Waals surface area contributed by atoms with E-state index in [1.54, 1.807) is 7.05 Å². The molecule has 1 aromatic rings. The Morgan fingerprint density at radius 1 is 1.39 bits per heavy atom. The second-order valence-corrected chi connectivity index (χ2v) is 6.74. The van der Waals surface area contributed by atoms with E-state index in [4.69, 9.17) is 0 Å². The summed E-state index contributed by atoms with van der Waals surface area (Å²) in [6.07, 6.45) is 0. The molecule has 0 aliphatic carbocycles. The molecule has 1 aromatic carbocycles. The van der Waals surface area contributed by atoms with E-state index in [-0.39, 0.29) is 17.4 Å². The maximum Gasteiger partial charge on any atom is 0.243 e. The predicted octanol–water partition coefficient (Wildman–Crippen LogP) is 1.72. The summed E-state index contributed by atoms with van der Waals surface area (Å²) in [5, 5.41) is 2.95. The number of sulfonamides is 1. The van der Waals surface area contributed by atoms with Gasteiger partial charge in [-0.2, -0.15) is 0 Å². The molecule has 102 valence electrons. The van der Waals surface area contributed by atoms with Crippen molar-refractivity contribution in [2.24, 2.45) is 5.92 Å². The number of benzene rings is 1. The summed E-state index contributed by atoms with van der Waals surface area (Å²) in [7, 11) is -2.00. The molecule has 4 nitrogen and oxygen atoms in total. The molecule has 1 rings (SSSR count). The van der Waals surface area contributed by atoms with E-state index in [1.165, 1.54) is 12.1 Å². The van der Waals surface area contributed by atoms with Crippen LogP contribution in [0.25, 0.3) is 0 Å². The average molecular weight is 339 g/mol. The second-order valence-electron chi connectivity index (χ2n) is 4.09. The van der Waals surface area contributed by atoms with Gasteiger partial charge in [-0.3, -0.25) is 0 Å². The third kappa shape index (κ3) is 4.31. The molecule has 0 spiro atoms. The van der Waals surface area contributed by atoms with Crippen LogP contribution in [0.4, 0.5) is 4.39 Å². The first-order valence-electron chi connectivity index (χ1n) is 5.46. The molecule has 7 heteroatoms. The van der Waals surface area contributed by atoms with Gasteiger partial charge in [-0.05, 0) is 37.7 Å². The van der Waals surface area contributed by atoms with E-state index in [1.807, 2.05) is 6.92 Å². The fourth-order valence-corrected chi connectivity index (χ4v) is 3.00. The van der Waals surface area contributed by atoms with Crippen molar-refractivity contribution in [3.8, 4) is 0 Å². The number of halogens is 2. The molecule has 0 saturated heterocycles. The van der Waals surface area contributed by atoms with Gasteiger partial charge in [-0.1, -0.05) is 22.9 Å². The lowest BCUT2D eigenvalue weighted by molar-refractivity contribution is 0.513. The summed E-state index contributed by atoms with van der Waals surface area (Å²) < 4.78 is 40.2. The minimum atomic E-state index is -3.79. The van der Waals surface area contributed by atoms with Gasteiger partial charge in [0.2, 0.25) is 10.0 Å². The van der Waals surface area contributed by atoms with Crippen molar-refractivity contribution in [1.29, 1.82) is 0 Å². The van der Waals surface area contributed by atoms with Crippen LogP contribution in [0.5, 0.6) is 0 Å². The molecule has 18 heavy (non-hydrogen) atoms. The topological polar surface area (TPSA) is 58.2 Å². The molecule has 0 bridgehead atoms. The quantitative estimate of drug-likeness (QED) is 0.830. The van der Waals surface area contributed by atoms with Crippen LogP contribution < -0.4 is 10.0 Å². The Bertz CT molecular complexity index is 508. The molecule has 0 aliphatic heterocycles. The molecule has 0 aromatic heterocycles. The van der Waals surface area contributed by atoms with Gasteiger partial charge in [-0.25, -0.2) is 17.5 Å². The van der Waals surface area contributed by atoms with Gasteiger partial charge in [0.15, 0.2) is 0 Å². The molecule has 1 atom stereocenters. The molecule has 0 fully saturated rings. The zero-order chi connectivity index (χ0) is 13.8. The molecule has 1 unspecified atom stereocenters. The van der Waals surface area contributed by atoms with Crippen molar-refractivity contribution in [3.05, 3.63) is 28.5 Å². The lowest BCUT2D eigenvalue weighted by Crippen LogP contribution is -2.32. The summed E-state index contributed by atoms with van der Waals surface area (Å²) in [4.78, 5) is -0.331. The molecular weight excluding hydrogens is 323 g/mol. The zero-order valence-corrected chi connectivity index (χ0v) is 12.6. The summed E-state index contributed by atoms with van der Waals surface area (Å²) in [6.45, 7) is 2.85. The summed E-state index contributed by atoms with van der Waals surface area (Å²) >= 11 is 3.08. The highest BCUT2D eigenvalue weighted by Gasteiger charge is 2.19. The second kappa shape index (κ2) is 6.60. The van der Waals surface area contributed by atoms with Gasteiger partial charge < -0.3 is 5.32 Å². The monoisotopic (exact) mass is 338 g/mol. The normalized spacial score (nSPS) is 13.6. The zero-order valence-electron chi connectivity index (χ0n) is 10.2. The van der Waals surface area contributed by atoms with E-state index < -0.39 is 15.8 Å². The highest BCUT2D eigenvalue weighted by atomic mass is 79.9. The Hall–Kier alpha value is -0.500. The molecule has 0 radical (unpaired) electrons. The molecule has 0 aliphatic rings. The number of rotatable bonds is 6. The van der Waals surface area contributed by atoms with Crippen molar-refractivity contribution < 1.29 is 12.8 Å². The standard InChI is InChI=1S/C11H16BrFN2O2S/c1-8(6-14-2)7-15-18(16,17)11-4-3-9(12)5-10(11)13/h3-5,8,14-15H,6-7H2,1-2H3. The van der Waals surface area contributed by atoms with Gasteiger partial charge >= 0.3 is 0 Å². The van der Waals surface area contributed by atoms with Gasteiger partial charge in [0.05, 0.1) is 0 Å². The highest BCUT2D eigenvalue weighted by molar-refractivity contribution is 9.10. The number of hydrogen-bond acceptors (Lipinski definition) is 3. The van der Waals surface area contributed by atoms with Crippen LogP contribution in [-0.4, -0.2) is 28.6 Å². The van der Waals surface area contributed by atoms with Crippen LogP contribution in [0.15, 0.2) is 27.6 Å². The molecular formula is C11H16BrFN2O2S. The van der Waals surface area contributed by atoms with E-state index in [2.05, 4.69) is 26.0 Å². The SMILES string of the molecule is CNCC(C)CNS(=O)(=O)c1ccc(Br)cc1F. The third-order valence-electron chi connectivity index (χ3n) is 2.36. The molecule has 0 saturated carbocycles. The molecule has 2 N–H and O–H groups in total. The first-order valence-corrected chi connectivity index (χ1v) is 7.73. The molecule has 0 amide bonds. The Balaban J connectivity index is 2.80. The van der Waals surface area contributed by atoms with E-state index in [0.29, 0.717) is 11.0 Å². The average Bonchev–Trinajstić information content (AvgIpc) is 2.26. The fraction of sp³-hybridized carbons (Fsp3) is 0.455. The van der Waals surface area contributed by atoms with Crippen molar-refractivity contribution in [2.45, 2.75) is 11.8 Å². The summed E-state index contributed by atoms with van der Waals surface area (Å²) in [5.41, 5.74) is 0. The van der Waals surface area contributed by atoms with Crippen molar-refractivity contribution >= 4 is 26.0 Å². The van der Waals surface area contributed by atoms with Crippen LogP contribution in [0.2, 0.25) is 0 Å². The maximum atomic E-state index is 13.6. The number of nitrogens with one attached hydrogen (secondary N) is 2. The summed E-state index contributed by atoms with van der Waals surface area (Å²) in [6, 6.07) is 3.87.